The van der Waals surface area contributed by atoms with E-state index >= 15 is 0 Å². The minimum absolute atomic E-state index is 0.0777. The van der Waals surface area contributed by atoms with Crippen molar-refractivity contribution in [3.05, 3.63) is 24.3 Å². The Morgan fingerprint density at radius 3 is 1.67 bits per heavy atom. The third kappa shape index (κ3) is 31.4. The second-order valence-corrected chi connectivity index (χ2v) is 13.9. The van der Waals surface area contributed by atoms with Crippen LogP contribution < -0.4 is 11.1 Å². The van der Waals surface area contributed by atoms with Crippen molar-refractivity contribution in [2.45, 2.75) is 180 Å². The Bertz CT molecular complexity index is 764. The van der Waals surface area contributed by atoms with Gasteiger partial charge >= 0.3 is 7.82 Å². The third-order valence-corrected chi connectivity index (χ3v) is 9.01. The Labute approximate surface area is 277 Å². The van der Waals surface area contributed by atoms with Crippen LogP contribution >= 0.6 is 7.82 Å². The van der Waals surface area contributed by atoms with Gasteiger partial charge in [0.15, 0.2) is 0 Å². The van der Waals surface area contributed by atoms with Crippen molar-refractivity contribution in [2.75, 3.05) is 19.8 Å². The van der Waals surface area contributed by atoms with E-state index in [9.17, 15) is 19.4 Å². The number of allylic oxidation sites excluding steroid dienone is 3. The van der Waals surface area contributed by atoms with Crippen LogP contribution in [0.3, 0.4) is 0 Å². The van der Waals surface area contributed by atoms with Crippen LogP contribution in [0, 0.1) is 0 Å². The van der Waals surface area contributed by atoms with E-state index in [-0.39, 0.29) is 25.7 Å². The fraction of sp³-hybridized carbons (Fsp3) is 0.861. The van der Waals surface area contributed by atoms with Gasteiger partial charge in [-0.05, 0) is 44.9 Å². The lowest BCUT2D eigenvalue weighted by Gasteiger charge is -2.23. The number of rotatable bonds is 34. The zero-order chi connectivity index (χ0) is 33.3. The summed E-state index contributed by atoms with van der Waals surface area (Å²) in [7, 11) is -4.33. The van der Waals surface area contributed by atoms with Crippen molar-refractivity contribution >= 4 is 13.7 Å². The molecule has 5 N–H and O–H groups in total. The summed E-state index contributed by atoms with van der Waals surface area (Å²) in [4.78, 5) is 22.5. The van der Waals surface area contributed by atoms with Crippen molar-refractivity contribution in [3.63, 3.8) is 0 Å². The fourth-order valence-electron chi connectivity index (χ4n) is 5.18. The molecule has 0 saturated carbocycles. The van der Waals surface area contributed by atoms with Gasteiger partial charge < -0.3 is 21.1 Å². The van der Waals surface area contributed by atoms with E-state index in [2.05, 4.69) is 31.3 Å². The third-order valence-electron chi connectivity index (χ3n) is 8.02. The number of phosphoric ester groups is 1. The Balaban J connectivity index is 4.36. The van der Waals surface area contributed by atoms with Crippen LogP contribution in [0.25, 0.3) is 0 Å². The highest BCUT2D eigenvalue weighted by molar-refractivity contribution is 7.47. The lowest BCUT2D eigenvalue weighted by molar-refractivity contribution is -0.123. The van der Waals surface area contributed by atoms with Gasteiger partial charge in [0.25, 0.3) is 0 Å². The summed E-state index contributed by atoms with van der Waals surface area (Å²) in [5, 5.41) is 13.6. The van der Waals surface area contributed by atoms with E-state index in [1.54, 1.807) is 6.08 Å². The van der Waals surface area contributed by atoms with Crippen molar-refractivity contribution in [2.24, 2.45) is 5.73 Å². The average molecular weight is 659 g/mol. The zero-order valence-corrected chi connectivity index (χ0v) is 30.0. The van der Waals surface area contributed by atoms with Crippen molar-refractivity contribution in [1.82, 2.24) is 5.32 Å². The van der Waals surface area contributed by atoms with Crippen LogP contribution in [0.4, 0.5) is 0 Å². The first-order valence-electron chi connectivity index (χ1n) is 18.5. The van der Waals surface area contributed by atoms with Gasteiger partial charge in [-0.25, -0.2) is 4.57 Å². The largest absolute Gasteiger partial charge is 0.472 e. The molecule has 0 aromatic carbocycles. The molecule has 0 rings (SSSR count). The van der Waals surface area contributed by atoms with Gasteiger partial charge in [0.1, 0.15) is 0 Å². The van der Waals surface area contributed by atoms with Gasteiger partial charge in [0.05, 0.1) is 25.4 Å². The fourth-order valence-corrected chi connectivity index (χ4v) is 5.94. The van der Waals surface area contributed by atoms with Gasteiger partial charge in [0, 0.05) is 13.0 Å². The summed E-state index contributed by atoms with van der Waals surface area (Å²) in [6.45, 7) is 4.09. The Morgan fingerprint density at radius 1 is 0.711 bits per heavy atom. The number of nitrogens with one attached hydrogen (secondary N) is 1. The molecule has 0 aromatic heterocycles. The first-order chi connectivity index (χ1) is 21.9. The topological polar surface area (TPSA) is 131 Å². The number of aliphatic hydroxyl groups excluding tert-OH is 1. The molecule has 0 aliphatic heterocycles. The molecule has 9 heteroatoms. The summed E-state index contributed by atoms with van der Waals surface area (Å²) in [5.74, 6) is -0.205. The zero-order valence-electron chi connectivity index (χ0n) is 29.1. The first kappa shape index (κ1) is 44.0. The number of hydrogen-bond donors (Lipinski definition) is 4. The molecule has 266 valence electrons. The number of hydrogen-bond acceptors (Lipinski definition) is 6. The number of nitrogens with two attached hydrogens (primary N) is 1. The number of unbranched alkanes of at least 4 members (excludes halogenated alkanes) is 20. The molecule has 0 aliphatic rings. The second-order valence-electron chi connectivity index (χ2n) is 12.4. The van der Waals surface area contributed by atoms with Gasteiger partial charge in [0.2, 0.25) is 5.91 Å². The van der Waals surface area contributed by atoms with Gasteiger partial charge in [-0.15, -0.1) is 0 Å². The van der Waals surface area contributed by atoms with E-state index in [0.29, 0.717) is 6.42 Å². The number of amides is 1. The molecule has 0 bridgehead atoms. The standard InChI is InChI=1S/C36H71N2O6P/c1-3-5-7-9-11-13-15-17-19-21-23-25-27-29-35(39)34(33-44-45(41,42)43-32-31-37)38-36(40)30-28-26-24-22-20-18-16-14-12-10-8-6-4-2/h14,16,27,29,34-35,39H,3-13,15,17-26,28,30-33,37H2,1-2H3,(H,38,40)(H,41,42)/b16-14-,29-27+. The Morgan fingerprint density at radius 2 is 1.16 bits per heavy atom. The maximum Gasteiger partial charge on any atom is 0.472 e. The average Bonchev–Trinajstić information content (AvgIpc) is 3.02. The van der Waals surface area contributed by atoms with E-state index in [1.807, 2.05) is 6.08 Å². The molecule has 0 spiro atoms. The molecule has 0 saturated heterocycles. The smallest absolute Gasteiger partial charge is 0.387 e. The highest BCUT2D eigenvalue weighted by Crippen LogP contribution is 2.43. The van der Waals surface area contributed by atoms with Crippen LogP contribution in [-0.2, 0) is 18.4 Å². The van der Waals surface area contributed by atoms with E-state index in [4.69, 9.17) is 14.8 Å². The number of carbonyl (C=O) groups is 1. The summed E-state index contributed by atoms with van der Waals surface area (Å²) in [5.41, 5.74) is 5.35. The molecule has 8 nitrogen and oxygen atoms in total. The monoisotopic (exact) mass is 659 g/mol. The number of aliphatic hydroxyl groups is 1. The van der Waals surface area contributed by atoms with Crippen LogP contribution in [0.5, 0.6) is 0 Å². The minimum Gasteiger partial charge on any atom is -0.387 e. The van der Waals surface area contributed by atoms with Crippen molar-refractivity contribution < 1.29 is 28.4 Å². The van der Waals surface area contributed by atoms with Gasteiger partial charge in [-0.3, -0.25) is 13.8 Å². The molecule has 1 amide bonds. The predicted molar refractivity (Wildman–Crippen MR) is 189 cm³/mol. The highest BCUT2D eigenvalue weighted by Gasteiger charge is 2.26. The molecular weight excluding hydrogens is 587 g/mol. The van der Waals surface area contributed by atoms with Gasteiger partial charge in [-0.1, -0.05) is 141 Å². The maximum absolute atomic E-state index is 12.7. The lowest BCUT2D eigenvalue weighted by atomic mass is 10.0. The second kappa shape index (κ2) is 32.9. The molecule has 0 aromatic rings. The number of carbonyl (C=O) groups excluding carboxylic acids is 1. The molecule has 45 heavy (non-hydrogen) atoms. The predicted octanol–water partition coefficient (Wildman–Crippen LogP) is 9.44. The molecule has 0 fully saturated rings. The lowest BCUT2D eigenvalue weighted by Crippen LogP contribution is -2.45. The van der Waals surface area contributed by atoms with Crippen LogP contribution in [0.15, 0.2) is 24.3 Å². The molecule has 0 aliphatic carbocycles. The van der Waals surface area contributed by atoms with E-state index in [1.165, 1.54) is 96.3 Å². The summed E-state index contributed by atoms with van der Waals surface area (Å²) in [6, 6.07) is -0.859. The SMILES string of the molecule is CCCCCC/C=C\CCCCCCCC(=O)NC(COP(=O)(O)OCCN)C(O)/C=C/CCCCCCCCCCCCC. The molecule has 0 radical (unpaired) electrons. The molecular formula is C36H71N2O6P. The Hall–Kier alpha value is -1.02. The quantitative estimate of drug-likeness (QED) is 0.0308. The van der Waals surface area contributed by atoms with E-state index < -0.39 is 20.0 Å². The molecule has 3 atom stereocenters. The van der Waals surface area contributed by atoms with E-state index in [0.717, 1.165) is 51.4 Å². The van der Waals surface area contributed by atoms with Crippen LogP contribution in [0.2, 0.25) is 0 Å². The summed E-state index contributed by atoms with van der Waals surface area (Å²) < 4.78 is 22.0. The maximum atomic E-state index is 12.7. The van der Waals surface area contributed by atoms with Crippen LogP contribution in [0.1, 0.15) is 168 Å². The first-order valence-corrected chi connectivity index (χ1v) is 20.0. The minimum atomic E-state index is -4.33. The van der Waals surface area contributed by atoms with Crippen LogP contribution in [-0.4, -0.2) is 47.8 Å². The molecule has 3 unspecified atom stereocenters. The summed E-state index contributed by atoms with van der Waals surface area (Å²) in [6.07, 6.45) is 35.0. The van der Waals surface area contributed by atoms with Crippen molar-refractivity contribution in [1.29, 1.82) is 0 Å². The summed E-state index contributed by atoms with van der Waals surface area (Å²) >= 11 is 0. The molecule has 0 heterocycles. The number of phosphoric acid groups is 1. The Kier molecular flexibility index (Phi) is 32.2. The highest BCUT2D eigenvalue weighted by atomic mass is 31.2. The van der Waals surface area contributed by atoms with Crippen molar-refractivity contribution in [3.8, 4) is 0 Å². The normalized spacial score (nSPS) is 14.7. The van der Waals surface area contributed by atoms with Gasteiger partial charge in [-0.2, -0.15) is 0 Å².